The summed E-state index contributed by atoms with van der Waals surface area (Å²) < 4.78 is 0. The molecular weight excluding hydrogens is 232 g/mol. The maximum atomic E-state index is 3.65. The lowest BCUT2D eigenvalue weighted by Gasteiger charge is -2.28. The molecule has 1 heterocycles. The molecule has 1 N–H and O–H groups in total. The Hall–Kier alpha value is -1.02. The number of aryl methyl sites for hydroxylation is 2. The Morgan fingerprint density at radius 1 is 1.11 bits per heavy atom. The summed E-state index contributed by atoms with van der Waals surface area (Å²) in [5.74, 6) is 0. The molecule has 2 nitrogen and oxygen atoms in total. The Morgan fingerprint density at radius 2 is 1.74 bits per heavy atom. The predicted octanol–water partition coefficient (Wildman–Crippen LogP) is 3.39. The standard InChI is InChI=1S/C17H28N2/c1-5-14-8-7-9-15(6-2)16(14)19-12-10-17(3,4)18-11-13-19/h7-9,18H,5-6,10-13H2,1-4H3. The van der Waals surface area contributed by atoms with E-state index < -0.39 is 0 Å². The van der Waals surface area contributed by atoms with Crippen LogP contribution < -0.4 is 10.2 Å². The van der Waals surface area contributed by atoms with Crippen LogP contribution in [0.4, 0.5) is 5.69 Å². The van der Waals surface area contributed by atoms with E-state index in [4.69, 9.17) is 0 Å². The number of rotatable bonds is 3. The number of para-hydroxylation sites is 1. The maximum absolute atomic E-state index is 3.65. The minimum absolute atomic E-state index is 0.266. The Bertz CT molecular complexity index is 401. The molecule has 1 aliphatic heterocycles. The molecule has 1 fully saturated rings. The van der Waals surface area contributed by atoms with Crippen molar-refractivity contribution in [3.05, 3.63) is 29.3 Å². The summed E-state index contributed by atoms with van der Waals surface area (Å²) >= 11 is 0. The van der Waals surface area contributed by atoms with Crippen molar-refractivity contribution in [2.45, 2.75) is 52.5 Å². The molecule has 0 aromatic heterocycles. The highest BCUT2D eigenvalue weighted by Gasteiger charge is 2.24. The van der Waals surface area contributed by atoms with Gasteiger partial charge >= 0.3 is 0 Å². The van der Waals surface area contributed by atoms with Crippen LogP contribution in [0.1, 0.15) is 45.2 Å². The molecule has 0 unspecified atom stereocenters. The fourth-order valence-electron chi connectivity index (χ4n) is 2.99. The zero-order chi connectivity index (χ0) is 13.9. The van der Waals surface area contributed by atoms with Crippen molar-refractivity contribution in [3.8, 4) is 0 Å². The van der Waals surface area contributed by atoms with E-state index in [0.717, 1.165) is 32.5 Å². The first-order valence-corrected chi connectivity index (χ1v) is 7.68. The van der Waals surface area contributed by atoms with Gasteiger partial charge in [0.15, 0.2) is 0 Å². The first kappa shape index (κ1) is 14.4. The van der Waals surface area contributed by atoms with Gasteiger partial charge in [0.25, 0.3) is 0 Å². The van der Waals surface area contributed by atoms with Crippen molar-refractivity contribution in [2.24, 2.45) is 0 Å². The van der Waals surface area contributed by atoms with Crippen LogP contribution in [0.15, 0.2) is 18.2 Å². The lowest BCUT2D eigenvalue weighted by atomic mass is 9.99. The third-order valence-electron chi connectivity index (χ3n) is 4.27. The zero-order valence-corrected chi connectivity index (χ0v) is 12.9. The van der Waals surface area contributed by atoms with E-state index in [1.54, 1.807) is 0 Å². The largest absolute Gasteiger partial charge is 0.370 e. The molecule has 1 aliphatic rings. The third kappa shape index (κ3) is 3.30. The molecule has 1 saturated heterocycles. The second-order valence-corrected chi connectivity index (χ2v) is 6.18. The van der Waals surface area contributed by atoms with E-state index in [1.807, 2.05) is 0 Å². The van der Waals surface area contributed by atoms with Crippen molar-refractivity contribution in [1.82, 2.24) is 5.32 Å². The summed E-state index contributed by atoms with van der Waals surface area (Å²) in [5, 5.41) is 3.65. The quantitative estimate of drug-likeness (QED) is 0.896. The molecule has 0 atom stereocenters. The Kier molecular flexibility index (Phi) is 4.51. The van der Waals surface area contributed by atoms with Crippen LogP contribution in [0.25, 0.3) is 0 Å². The van der Waals surface area contributed by atoms with Crippen LogP contribution in [0.3, 0.4) is 0 Å². The van der Waals surface area contributed by atoms with Crippen molar-refractivity contribution < 1.29 is 0 Å². The lowest BCUT2D eigenvalue weighted by molar-refractivity contribution is 0.394. The van der Waals surface area contributed by atoms with Gasteiger partial charge in [-0.2, -0.15) is 0 Å². The number of benzene rings is 1. The molecule has 106 valence electrons. The topological polar surface area (TPSA) is 15.3 Å². The minimum atomic E-state index is 0.266. The molecule has 0 bridgehead atoms. The van der Waals surface area contributed by atoms with Crippen LogP contribution in [0.2, 0.25) is 0 Å². The van der Waals surface area contributed by atoms with Crippen molar-refractivity contribution in [1.29, 1.82) is 0 Å². The van der Waals surface area contributed by atoms with Gasteiger partial charge in [-0.3, -0.25) is 0 Å². The highest BCUT2D eigenvalue weighted by atomic mass is 15.2. The van der Waals surface area contributed by atoms with Gasteiger partial charge in [0.1, 0.15) is 0 Å². The van der Waals surface area contributed by atoms with Crippen LogP contribution >= 0.6 is 0 Å². The smallest absolute Gasteiger partial charge is 0.0431 e. The van der Waals surface area contributed by atoms with E-state index in [2.05, 4.69) is 56.1 Å². The number of hydrogen-bond acceptors (Lipinski definition) is 2. The fraction of sp³-hybridized carbons (Fsp3) is 0.647. The molecule has 2 heteroatoms. The van der Waals surface area contributed by atoms with E-state index >= 15 is 0 Å². The van der Waals surface area contributed by atoms with Gasteiger partial charge in [-0.25, -0.2) is 0 Å². The monoisotopic (exact) mass is 260 g/mol. The molecule has 2 rings (SSSR count). The van der Waals surface area contributed by atoms with E-state index in [0.29, 0.717) is 0 Å². The van der Waals surface area contributed by atoms with Gasteiger partial charge in [-0.05, 0) is 44.2 Å². The molecule has 0 spiro atoms. The molecule has 0 saturated carbocycles. The summed E-state index contributed by atoms with van der Waals surface area (Å²) in [4.78, 5) is 2.60. The zero-order valence-electron chi connectivity index (χ0n) is 12.9. The van der Waals surface area contributed by atoms with Gasteiger partial charge < -0.3 is 10.2 Å². The first-order valence-electron chi connectivity index (χ1n) is 7.68. The summed E-state index contributed by atoms with van der Waals surface area (Å²) in [7, 11) is 0. The van der Waals surface area contributed by atoms with Gasteiger partial charge in [-0.1, -0.05) is 32.0 Å². The molecular formula is C17H28N2. The van der Waals surface area contributed by atoms with Gasteiger partial charge in [0, 0.05) is 30.9 Å². The van der Waals surface area contributed by atoms with Gasteiger partial charge in [0.05, 0.1) is 0 Å². The summed E-state index contributed by atoms with van der Waals surface area (Å²) in [6.45, 7) is 12.5. The predicted molar refractivity (Wildman–Crippen MR) is 84.1 cm³/mol. The summed E-state index contributed by atoms with van der Waals surface area (Å²) in [6.07, 6.45) is 3.45. The number of nitrogens with one attached hydrogen (secondary N) is 1. The third-order valence-corrected chi connectivity index (χ3v) is 4.27. The SMILES string of the molecule is CCc1cccc(CC)c1N1CCNC(C)(C)CC1. The highest BCUT2D eigenvalue weighted by molar-refractivity contribution is 5.60. The van der Waals surface area contributed by atoms with Crippen LogP contribution in [0, 0.1) is 0 Å². The number of anilines is 1. The first-order chi connectivity index (χ1) is 9.07. The second kappa shape index (κ2) is 5.96. The summed E-state index contributed by atoms with van der Waals surface area (Å²) in [5.41, 5.74) is 4.77. The van der Waals surface area contributed by atoms with Crippen LogP contribution in [-0.4, -0.2) is 25.2 Å². The van der Waals surface area contributed by atoms with E-state index in [9.17, 15) is 0 Å². The van der Waals surface area contributed by atoms with Crippen LogP contribution in [0.5, 0.6) is 0 Å². The van der Waals surface area contributed by atoms with Gasteiger partial charge in [-0.15, -0.1) is 0 Å². The molecule has 0 aliphatic carbocycles. The Morgan fingerprint density at radius 3 is 2.32 bits per heavy atom. The molecule has 0 radical (unpaired) electrons. The Balaban J connectivity index is 2.30. The highest BCUT2D eigenvalue weighted by Crippen LogP contribution is 2.28. The van der Waals surface area contributed by atoms with Crippen LogP contribution in [-0.2, 0) is 12.8 Å². The van der Waals surface area contributed by atoms with Gasteiger partial charge in [0.2, 0.25) is 0 Å². The maximum Gasteiger partial charge on any atom is 0.0431 e. The molecule has 1 aromatic rings. The second-order valence-electron chi connectivity index (χ2n) is 6.18. The summed E-state index contributed by atoms with van der Waals surface area (Å²) in [6, 6.07) is 6.79. The lowest BCUT2D eigenvalue weighted by Crippen LogP contribution is -2.39. The normalized spacial score (nSPS) is 19.3. The number of hydrogen-bond donors (Lipinski definition) is 1. The molecule has 0 amide bonds. The van der Waals surface area contributed by atoms with Crippen molar-refractivity contribution in [3.63, 3.8) is 0 Å². The van der Waals surface area contributed by atoms with Crippen molar-refractivity contribution in [2.75, 3.05) is 24.5 Å². The average molecular weight is 260 g/mol. The fourth-order valence-corrected chi connectivity index (χ4v) is 2.99. The average Bonchev–Trinajstić information content (AvgIpc) is 2.58. The van der Waals surface area contributed by atoms with Crippen molar-refractivity contribution >= 4 is 5.69 Å². The molecule has 19 heavy (non-hydrogen) atoms. The minimum Gasteiger partial charge on any atom is -0.370 e. The van der Waals surface area contributed by atoms with E-state index in [1.165, 1.54) is 23.2 Å². The van der Waals surface area contributed by atoms with E-state index in [-0.39, 0.29) is 5.54 Å². The Labute approximate surface area is 118 Å². The molecule has 1 aromatic carbocycles. The number of nitrogens with zero attached hydrogens (tertiary/aromatic N) is 1.